The molecule has 3 nitrogen and oxygen atoms in total. The molecular weight excluding hydrogens is 318 g/mol. The van der Waals surface area contributed by atoms with Crippen molar-refractivity contribution < 1.29 is 8.42 Å². The van der Waals surface area contributed by atoms with E-state index in [0.717, 1.165) is 27.8 Å². The summed E-state index contributed by atoms with van der Waals surface area (Å²) in [6, 6.07) is 15.0. The van der Waals surface area contributed by atoms with Gasteiger partial charge in [0.2, 0.25) is 0 Å². The van der Waals surface area contributed by atoms with Crippen LogP contribution in [0.15, 0.2) is 71.8 Å². The maximum absolute atomic E-state index is 12.9. The third-order valence-electron chi connectivity index (χ3n) is 4.14. The Hall–Kier alpha value is -2.33. The Morgan fingerprint density at radius 1 is 1.00 bits per heavy atom. The molecule has 2 aromatic rings. The first-order valence-electron chi connectivity index (χ1n) is 7.89. The maximum Gasteiger partial charge on any atom is 0.264 e. The molecule has 0 N–H and O–H groups in total. The second-order valence-corrected chi connectivity index (χ2v) is 8.20. The molecule has 2 aromatic carbocycles. The van der Waals surface area contributed by atoms with Gasteiger partial charge in [0.05, 0.1) is 11.4 Å². The van der Waals surface area contributed by atoms with E-state index in [0.29, 0.717) is 17.9 Å². The summed E-state index contributed by atoms with van der Waals surface area (Å²) in [5, 5.41) is 0. The quantitative estimate of drug-likeness (QED) is 0.782. The van der Waals surface area contributed by atoms with E-state index in [9.17, 15) is 8.42 Å². The molecule has 0 atom stereocenters. The fraction of sp³-hybridized carbons (Fsp3) is 0.200. The van der Waals surface area contributed by atoms with E-state index in [2.05, 4.69) is 12.6 Å². The Morgan fingerprint density at radius 2 is 1.71 bits per heavy atom. The molecule has 0 radical (unpaired) electrons. The molecule has 0 amide bonds. The zero-order valence-corrected chi connectivity index (χ0v) is 14.8. The van der Waals surface area contributed by atoms with Gasteiger partial charge in [0.1, 0.15) is 0 Å². The summed E-state index contributed by atoms with van der Waals surface area (Å²) >= 11 is 0. The van der Waals surface area contributed by atoms with Crippen molar-refractivity contribution in [3.63, 3.8) is 0 Å². The predicted molar refractivity (Wildman–Crippen MR) is 98.0 cm³/mol. The lowest BCUT2D eigenvalue weighted by molar-refractivity contribution is 0.511. The summed E-state index contributed by atoms with van der Waals surface area (Å²) in [6.07, 6.45) is 2.45. The zero-order chi connectivity index (χ0) is 17.3. The van der Waals surface area contributed by atoms with Crippen molar-refractivity contribution in [1.29, 1.82) is 0 Å². The second-order valence-electron chi connectivity index (χ2n) is 6.31. The van der Waals surface area contributed by atoms with Crippen LogP contribution in [0.4, 0.5) is 0 Å². The van der Waals surface area contributed by atoms with Crippen LogP contribution in [0.3, 0.4) is 0 Å². The minimum Gasteiger partial charge on any atom is -0.269 e. The van der Waals surface area contributed by atoms with Gasteiger partial charge in [0, 0.05) is 6.20 Å². The molecule has 24 heavy (non-hydrogen) atoms. The molecule has 3 rings (SSSR count). The Morgan fingerprint density at radius 3 is 2.38 bits per heavy atom. The first-order valence-corrected chi connectivity index (χ1v) is 9.33. The highest BCUT2D eigenvalue weighted by Crippen LogP contribution is 2.31. The zero-order valence-electron chi connectivity index (χ0n) is 14.0. The first-order chi connectivity index (χ1) is 11.4. The van der Waals surface area contributed by atoms with Crippen molar-refractivity contribution in [2.75, 3.05) is 6.54 Å². The minimum atomic E-state index is -3.57. The van der Waals surface area contributed by atoms with Crippen LogP contribution in [0.1, 0.15) is 23.1 Å². The topological polar surface area (TPSA) is 37.4 Å². The molecule has 0 bridgehead atoms. The molecular formula is C20H21NO2S. The number of allylic oxidation sites excluding steroid dienone is 1. The van der Waals surface area contributed by atoms with E-state index in [1.807, 2.05) is 44.2 Å². The Balaban J connectivity index is 2.02. The van der Waals surface area contributed by atoms with Crippen LogP contribution in [0.25, 0.3) is 5.57 Å². The van der Waals surface area contributed by atoms with Crippen molar-refractivity contribution in [3.8, 4) is 0 Å². The van der Waals surface area contributed by atoms with E-state index >= 15 is 0 Å². The molecule has 0 spiro atoms. The van der Waals surface area contributed by atoms with Gasteiger partial charge in [0.15, 0.2) is 0 Å². The van der Waals surface area contributed by atoms with Gasteiger partial charge >= 0.3 is 0 Å². The van der Waals surface area contributed by atoms with Crippen molar-refractivity contribution in [3.05, 3.63) is 83.6 Å². The van der Waals surface area contributed by atoms with Crippen LogP contribution in [0, 0.1) is 13.8 Å². The van der Waals surface area contributed by atoms with Gasteiger partial charge in [-0.05, 0) is 43.5 Å². The van der Waals surface area contributed by atoms with Crippen molar-refractivity contribution in [2.24, 2.45) is 0 Å². The highest BCUT2D eigenvalue weighted by atomic mass is 32.2. The largest absolute Gasteiger partial charge is 0.269 e. The molecule has 1 aliphatic heterocycles. The third-order valence-corrected chi connectivity index (χ3v) is 5.86. The molecule has 0 fully saturated rings. The number of benzene rings is 2. The summed E-state index contributed by atoms with van der Waals surface area (Å²) in [4.78, 5) is 0.308. The molecule has 0 aromatic heterocycles. The molecule has 0 saturated heterocycles. The monoisotopic (exact) mass is 339 g/mol. The lowest BCUT2D eigenvalue weighted by Gasteiger charge is -2.28. The van der Waals surface area contributed by atoms with Crippen molar-refractivity contribution >= 4 is 15.6 Å². The number of hydrogen-bond donors (Lipinski definition) is 0. The van der Waals surface area contributed by atoms with Crippen LogP contribution in [0.5, 0.6) is 0 Å². The second kappa shape index (κ2) is 6.29. The average molecular weight is 339 g/mol. The average Bonchev–Trinajstić information content (AvgIpc) is 2.54. The first kappa shape index (κ1) is 16.5. The van der Waals surface area contributed by atoms with Crippen LogP contribution >= 0.6 is 0 Å². The summed E-state index contributed by atoms with van der Waals surface area (Å²) in [6.45, 7) is 8.33. The van der Waals surface area contributed by atoms with E-state index in [1.165, 1.54) is 4.31 Å². The number of hydrogen-bond acceptors (Lipinski definition) is 2. The smallest absolute Gasteiger partial charge is 0.264 e. The van der Waals surface area contributed by atoms with Gasteiger partial charge in [-0.15, -0.1) is 0 Å². The fourth-order valence-corrected chi connectivity index (χ4v) is 4.20. The highest BCUT2D eigenvalue weighted by Gasteiger charge is 2.26. The number of rotatable bonds is 3. The molecule has 0 aliphatic carbocycles. The van der Waals surface area contributed by atoms with Gasteiger partial charge < -0.3 is 0 Å². The van der Waals surface area contributed by atoms with Crippen LogP contribution in [-0.2, 0) is 10.0 Å². The molecule has 124 valence electrons. The normalized spacial score (nSPS) is 15.3. The summed E-state index contributed by atoms with van der Waals surface area (Å²) < 4.78 is 27.3. The molecule has 1 aliphatic rings. The van der Waals surface area contributed by atoms with Crippen molar-refractivity contribution in [2.45, 2.75) is 25.2 Å². The van der Waals surface area contributed by atoms with Gasteiger partial charge in [-0.3, -0.25) is 4.31 Å². The van der Waals surface area contributed by atoms with E-state index in [4.69, 9.17) is 0 Å². The van der Waals surface area contributed by atoms with E-state index in [1.54, 1.807) is 18.3 Å². The maximum atomic E-state index is 12.9. The molecule has 1 heterocycles. The van der Waals surface area contributed by atoms with E-state index in [-0.39, 0.29) is 0 Å². The summed E-state index contributed by atoms with van der Waals surface area (Å²) in [5.41, 5.74) is 5.10. The van der Waals surface area contributed by atoms with Crippen LogP contribution in [-0.4, -0.2) is 19.3 Å². The Kier molecular flexibility index (Phi) is 4.33. The van der Waals surface area contributed by atoms with Gasteiger partial charge in [-0.1, -0.05) is 59.7 Å². The minimum absolute atomic E-state index is 0.308. The van der Waals surface area contributed by atoms with Gasteiger partial charge in [0.25, 0.3) is 10.0 Å². The lowest BCUT2D eigenvalue weighted by atomic mass is 9.96. The number of nitrogens with zero attached hydrogens (tertiary/aromatic N) is 1. The summed E-state index contributed by atoms with van der Waals surface area (Å²) in [5.74, 6) is 0. The summed E-state index contributed by atoms with van der Waals surface area (Å²) in [7, 11) is -3.57. The van der Waals surface area contributed by atoms with Gasteiger partial charge in [-0.25, -0.2) is 8.42 Å². The molecule has 0 unspecified atom stereocenters. The van der Waals surface area contributed by atoms with E-state index < -0.39 is 10.0 Å². The van der Waals surface area contributed by atoms with Crippen molar-refractivity contribution in [1.82, 2.24) is 4.31 Å². The standard InChI is InChI=1S/C20H21NO2S/c1-15-7-9-20(10-8-15)24(22,23)21-13-17(3)12-19(14-21)18-6-4-5-16(2)11-18/h4-11,14H,3,12-13H2,1-2H3. The molecule has 4 heteroatoms. The van der Waals surface area contributed by atoms with Crippen LogP contribution < -0.4 is 0 Å². The Labute approximate surface area is 144 Å². The highest BCUT2D eigenvalue weighted by molar-refractivity contribution is 7.89. The molecule has 0 saturated carbocycles. The predicted octanol–water partition coefficient (Wildman–Crippen LogP) is 4.30. The third kappa shape index (κ3) is 3.29. The SMILES string of the molecule is C=C1CC(c2cccc(C)c2)=CN(S(=O)(=O)c2ccc(C)cc2)C1. The number of aryl methyl sites for hydroxylation is 2. The lowest BCUT2D eigenvalue weighted by Crippen LogP contribution is -2.30. The van der Waals surface area contributed by atoms with Gasteiger partial charge in [-0.2, -0.15) is 0 Å². The Bertz CT molecular complexity index is 909. The fourth-order valence-electron chi connectivity index (χ4n) is 2.83. The van der Waals surface area contributed by atoms with Crippen LogP contribution in [0.2, 0.25) is 0 Å². The number of sulfonamides is 1.